The summed E-state index contributed by atoms with van der Waals surface area (Å²) in [5.74, 6) is 0.323. The molecule has 4 heteroatoms. The number of hydrogen-bond donors (Lipinski definition) is 1. The molecule has 3 atom stereocenters. The van der Waals surface area contributed by atoms with Crippen molar-refractivity contribution in [1.29, 1.82) is 0 Å². The summed E-state index contributed by atoms with van der Waals surface area (Å²) in [6, 6.07) is 17.5. The van der Waals surface area contributed by atoms with Crippen LogP contribution in [0.25, 0.3) is 0 Å². The van der Waals surface area contributed by atoms with Crippen molar-refractivity contribution in [1.82, 2.24) is 9.80 Å². The van der Waals surface area contributed by atoms with E-state index in [9.17, 15) is 5.11 Å². The van der Waals surface area contributed by atoms with Gasteiger partial charge in [0.1, 0.15) is 5.75 Å². The van der Waals surface area contributed by atoms with Crippen molar-refractivity contribution in [2.75, 3.05) is 37.6 Å². The zero-order chi connectivity index (χ0) is 21.7. The minimum absolute atomic E-state index is 0.0947. The van der Waals surface area contributed by atoms with Gasteiger partial charge in [-0.15, -0.1) is 6.58 Å². The third-order valence-corrected chi connectivity index (χ3v) is 6.38. The monoisotopic (exact) mass is 407 g/mol. The number of hydrogen-bond acceptors (Lipinski definition) is 4. The SMILES string of the molecule is C=CCN1C[C@H](C)N([C@H](c2cccc(O)c2)c2ccccc2N(CC)CC)C[C@H]1C. The van der Waals surface area contributed by atoms with E-state index in [1.165, 1.54) is 11.3 Å². The molecule has 4 nitrogen and oxygen atoms in total. The van der Waals surface area contributed by atoms with Crippen molar-refractivity contribution in [3.63, 3.8) is 0 Å². The first-order valence-electron chi connectivity index (χ1n) is 11.2. The molecule has 1 N–H and O–H groups in total. The van der Waals surface area contributed by atoms with Crippen LogP contribution in [-0.4, -0.2) is 59.7 Å². The molecular formula is C26H37N3O. The molecule has 0 spiro atoms. The Morgan fingerprint density at radius 2 is 1.80 bits per heavy atom. The number of phenols is 1. The molecule has 1 heterocycles. The molecule has 0 radical (unpaired) electrons. The molecule has 162 valence electrons. The largest absolute Gasteiger partial charge is 0.508 e. The normalized spacial score (nSPS) is 21.3. The summed E-state index contributed by atoms with van der Waals surface area (Å²) in [7, 11) is 0. The van der Waals surface area contributed by atoms with E-state index in [0.29, 0.717) is 17.8 Å². The highest BCUT2D eigenvalue weighted by atomic mass is 16.3. The second-order valence-electron chi connectivity index (χ2n) is 8.37. The van der Waals surface area contributed by atoms with E-state index in [4.69, 9.17) is 0 Å². The summed E-state index contributed by atoms with van der Waals surface area (Å²) >= 11 is 0. The van der Waals surface area contributed by atoms with Gasteiger partial charge in [-0.05, 0) is 57.0 Å². The lowest BCUT2D eigenvalue weighted by Gasteiger charge is -2.48. The fourth-order valence-electron chi connectivity index (χ4n) is 4.82. The van der Waals surface area contributed by atoms with E-state index in [2.05, 4.69) is 79.3 Å². The maximum Gasteiger partial charge on any atom is 0.115 e. The highest BCUT2D eigenvalue weighted by molar-refractivity contribution is 5.57. The molecule has 2 aromatic carbocycles. The first-order valence-corrected chi connectivity index (χ1v) is 11.2. The molecule has 2 aromatic rings. The van der Waals surface area contributed by atoms with Crippen LogP contribution in [-0.2, 0) is 0 Å². The third kappa shape index (κ3) is 4.71. The van der Waals surface area contributed by atoms with Crippen LogP contribution < -0.4 is 4.90 Å². The van der Waals surface area contributed by atoms with Crippen LogP contribution >= 0.6 is 0 Å². The lowest BCUT2D eigenvalue weighted by Crippen LogP contribution is -2.57. The van der Waals surface area contributed by atoms with Crippen LogP contribution in [0.1, 0.15) is 44.9 Å². The maximum absolute atomic E-state index is 10.3. The summed E-state index contributed by atoms with van der Waals surface area (Å²) in [6.45, 7) is 17.8. The van der Waals surface area contributed by atoms with Crippen molar-refractivity contribution in [3.8, 4) is 5.75 Å². The Balaban J connectivity index is 2.09. The Bertz CT molecular complexity index is 833. The molecule has 0 bridgehead atoms. The Morgan fingerprint density at radius 1 is 1.07 bits per heavy atom. The van der Waals surface area contributed by atoms with E-state index in [-0.39, 0.29) is 6.04 Å². The first kappa shape index (κ1) is 22.4. The average Bonchev–Trinajstić information content (AvgIpc) is 2.74. The molecule has 0 aliphatic carbocycles. The fourth-order valence-corrected chi connectivity index (χ4v) is 4.82. The van der Waals surface area contributed by atoms with E-state index in [1.807, 2.05) is 18.2 Å². The van der Waals surface area contributed by atoms with E-state index < -0.39 is 0 Å². The van der Waals surface area contributed by atoms with E-state index in [0.717, 1.165) is 38.3 Å². The highest BCUT2D eigenvalue weighted by Crippen LogP contribution is 2.38. The maximum atomic E-state index is 10.3. The molecule has 0 saturated carbocycles. The van der Waals surface area contributed by atoms with Gasteiger partial charge in [-0.1, -0.05) is 36.4 Å². The topological polar surface area (TPSA) is 30.0 Å². The molecule has 0 unspecified atom stereocenters. The Labute approximate surface area is 182 Å². The second-order valence-corrected chi connectivity index (χ2v) is 8.37. The molecule has 0 amide bonds. The van der Waals surface area contributed by atoms with Gasteiger partial charge in [0.15, 0.2) is 0 Å². The van der Waals surface area contributed by atoms with Crippen LogP contribution in [0.15, 0.2) is 61.2 Å². The molecule has 1 aliphatic rings. The predicted octanol–water partition coefficient (Wildman–Crippen LogP) is 4.91. The summed E-state index contributed by atoms with van der Waals surface area (Å²) in [4.78, 5) is 7.54. The van der Waals surface area contributed by atoms with Gasteiger partial charge in [0.2, 0.25) is 0 Å². The Morgan fingerprint density at radius 3 is 2.47 bits per heavy atom. The second kappa shape index (κ2) is 10.1. The quantitative estimate of drug-likeness (QED) is 0.630. The lowest BCUT2D eigenvalue weighted by atomic mass is 9.92. The van der Waals surface area contributed by atoms with Gasteiger partial charge in [0.05, 0.1) is 6.04 Å². The minimum atomic E-state index is 0.0947. The molecular weight excluding hydrogens is 370 g/mol. The molecule has 30 heavy (non-hydrogen) atoms. The Hall–Kier alpha value is -2.30. The highest BCUT2D eigenvalue weighted by Gasteiger charge is 2.35. The predicted molar refractivity (Wildman–Crippen MR) is 127 cm³/mol. The van der Waals surface area contributed by atoms with Crippen molar-refractivity contribution in [2.45, 2.75) is 45.8 Å². The molecule has 1 aliphatic heterocycles. The summed E-state index contributed by atoms with van der Waals surface area (Å²) in [6.07, 6.45) is 2.00. The van der Waals surface area contributed by atoms with Crippen molar-refractivity contribution >= 4 is 5.69 Å². The fraction of sp³-hybridized carbons (Fsp3) is 0.462. The van der Waals surface area contributed by atoms with E-state index in [1.54, 1.807) is 6.07 Å². The van der Waals surface area contributed by atoms with Gasteiger partial charge >= 0.3 is 0 Å². The standard InChI is InChI=1S/C26H37N3O/c1-6-16-28-18-21(5)29(19-20(28)4)26(22-12-11-13-23(30)17-22)24-14-9-10-15-25(24)27(7-2)8-3/h6,9-15,17,20-21,26,30H,1,7-8,16,18-19H2,2-5H3/t20-,21+,26-/m1/s1. The van der Waals surface area contributed by atoms with Crippen molar-refractivity contribution in [3.05, 3.63) is 72.3 Å². The number of rotatable bonds is 8. The van der Waals surface area contributed by atoms with Gasteiger partial charge in [0, 0.05) is 50.5 Å². The Kier molecular flexibility index (Phi) is 7.57. The van der Waals surface area contributed by atoms with Crippen LogP contribution in [0.5, 0.6) is 5.75 Å². The first-order chi connectivity index (χ1) is 14.5. The molecule has 0 aromatic heterocycles. The minimum Gasteiger partial charge on any atom is -0.508 e. The van der Waals surface area contributed by atoms with Gasteiger partial charge in [-0.25, -0.2) is 0 Å². The smallest absolute Gasteiger partial charge is 0.115 e. The third-order valence-electron chi connectivity index (χ3n) is 6.38. The van der Waals surface area contributed by atoms with Crippen molar-refractivity contribution < 1.29 is 5.11 Å². The van der Waals surface area contributed by atoms with Crippen LogP contribution in [0.3, 0.4) is 0 Å². The van der Waals surface area contributed by atoms with Gasteiger partial charge in [-0.2, -0.15) is 0 Å². The number of piperazine rings is 1. The van der Waals surface area contributed by atoms with Crippen LogP contribution in [0.2, 0.25) is 0 Å². The number of phenolic OH excluding ortho intramolecular Hbond substituents is 1. The number of nitrogens with zero attached hydrogens (tertiary/aromatic N) is 3. The van der Waals surface area contributed by atoms with E-state index >= 15 is 0 Å². The number of anilines is 1. The van der Waals surface area contributed by atoms with Gasteiger partial charge in [0.25, 0.3) is 0 Å². The van der Waals surface area contributed by atoms with Gasteiger partial charge in [-0.3, -0.25) is 9.80 Å². The average molecular weight is 408 g/mol. The number of benzene rings is 2. The lowest BCUT2D eigenvalue weighted by molar-refractivity contribution is 0.0307. The van der Waals surface area contributed by atoms with Crippen molar-refractivity contribution in [2.24, 2.45) is 0 Å². The summed E-state index contributed by atoms with van der Waals surface area (Å²) < 4.78 is 0. The molecule has 1 saturated heterocycles. The van der Waals surface area contributed by atoms with Crippen LogP contribution in [0, 0.1) is 0 Å². The zero-order valence-corrected chi connectivity index (χ0v) is 19.0. The van der Waals surface area contributed by atoms with Gasteiger partial charge < -0.3 is 10.0 Å². The molecule has 3 rings (SSSR count). The zero-order valence-electron chi connectivity index (χ0n) is 19.0. The number of aromatic hydroxyl groups is 1. The summed E-state index contributed by atoms with van der Waals surface area (Å²) in [5, 5.41) is 10.3. The molecule has 1 fully saturated rings. The number of para-hydroxylation sites is 1. The van der Waals surface area contributed by atoms with Crippen LogP contribution in [0.4, 0.5) is 5.69 Å². The summed E-state index contributed by atoms with van der Waals surface area (Å²) in [5.41, 5.74) is 3.73.